The van der Waals surface area contributed by atoms with Crippen molar-refractivity contribution in [3.63, 3.8) is 0 Å². The largest absolute Gasteiger partial charge is 0.497 e. The number of nitrogens with one attached hydrogen (secondary N) is 1. The quantitative estimate of drug-likeness (QED) is 0.838. The van der Waals surface area contributed by atoms with Crippen molar-refractivity contribution in [1.29, 1.82) is 0 Å². The van der Waals surface area contributed by atoms with Crippen LogP contribution >= 0.6 is 0 Å². The first-order chi connectivity index (χ1) is 8.84. The van der Waals surface area contributed by atoms with Gasteiger partial charge in [0, 0.05) is 12.8 Å². The normalized spacial score (nSPS) is 12.8. The zero-order valence-electron chi connectivity index (χ0n) is 11.3. The van der Waals surface area contributed by atoms with Gasteiger partial charge in [-0.2, -0.15) is 0 Å². The third-order valence-corrected chi connectivity index (χ3v) is 4.38. The van der Waals surface area contributed by atoms with E-state index >= 15 is 0 Å². The van der Waals surface area contributed by atoms with E-state index in [4.69, 9.17) is 4.74 Å². The van der Waals surface area contributed by atoms with E-state index in [9.17, 15) is 13.2 Å². The van der Waals surface area contributed by atoms with E-state index in [0.29, 0.717) is 13.0 Å². The zero-order chi connectivity index (χ0) is 14.5. The molecule has 1 aromatic rings. The number of carbonyl (C=O) groups is 1. The third-order valence-electron chi connectivity index (χ3n) is 2.88. The molecule has 0 heterocycles. The van der Waals surface area contributed by atoms with Crippen molar-refractivity contribution in [2.75, 3.05) is 19.9 Å². The van der Waals surface area contributed by atoms with Crippen LogP contribution in [0, 0.1) is 0 Å². The molecule has 0 fully saturated rings. The molecule has 0 radical (unpaired) electrons. The van der Waals surface area contributed by atoms with Crippen LogP contribution in [-0.4, -0.2) is 39.5 Å². The molecule has 1 N–H and O–H groups in total. The van der Waals surface area contributed by atoms with E-state index in [0.717, 1.165) is 17.6 Å². The lowest BCUT2D eigenvalue weighted by molar-refractivity contribution is -0.120. The molecule has 0 saturated carbocycles. The molecule has 0 aliphatic heterocycles. The second kappa shape index (κ2) is 6.56. The monoisotopic (exact) mass is 285 g/mol. The van der Waals surface area contributed by atoms with Crippen LogP contribution in [0.15, 0.2) is 24.3 Å². The van der Waals surface area contributed by atoms with E-state index in [1.165, 1.54) is 6.92 Å². The van der Waals surface area contributed by atoms with Gasteiger partial charge in [-0.15, -0.1) is 0 Å². The maximum atomic E-state index is 11.6. The Kier molecular flexibility index (Phi) is 5.35. The van der Waals surface area contributed by atoms with Crippen LogP contribution in [0.5, 0.6) is 5.75 Å². The number of methoxy groups -OCH3 is 1. The number of rotatable bonds is 6. The summed E-state index contributed by atoms with van der Waals surface area (Å²) in [5.74, 6) is 0.314. The Hall–Kier alpha value is -1.56. The number of hydrogen-bond donors (Lipinski definition) is 1. The molecule has 1 atom stereocenters. The molecule has 0 aliphatic rings. The van der Waals surface area contributed by atoms with Crippen molar-refractivity contribution in [2.24, 2.45) is 0 Å². The van der Waals surface area contributed by atoms with Crippen molar-refractivity contribution >= 4 is 15.7 Å². The summed E-state index contributed by atoms with van der Waals surface area (Å²) in [6.45, 7) is 1.79. The number of sulfone groups is 1. The van der Waals surface area contributed by atoms with Crippen LogP contribution in [0.4, 0.5) is 0 Å². The first-order valence-electron chi connectivity index (χ1n) is 5.94. The molecular formula is C13H19NO4S. The van der Waals surface area contributed by atoms with Crippen LogP contribution in [0.2, 0.25) is 0 Å². The maximum Gasteiger partial charge on any atom is 0.238 e. The van der Waals surface area contributed by atoms with Crippen molar-refractivity contribution in [1.82, 2.24) is 5.32 Å². The fourth-order valence-electron chi connectivity index (χ4n) is 1.46. The van der Waals surface area contributed by atoms with E-state index in [2.05, 4.69) is 5.32 Å². The minimum atomic E-state index is -3.33. The summed E-state index contributed by atoms with van der Waals surface area (Å²) in [5, 5.41) is 1.61. The predicted molar refractivity (Wildman–Crippen MR) is 74.0 cm³/mol. The molecule has 1 amide bonds. The summed E-state index contributed by atoms with van der Waals surface area (Å²) in [4.78, 5) is 11.6. The topological polar surface area (TPSA) is 72.5 Å². The molecule has 0 aromatic heterocycles. The molecule has 1 rings (SSSR count). The Morgan fingerprint density at radius 2 is 1.89 bits per heavy atom. The van der Waals surface area contributed by atoms with Crippen LogP contribution in [0.1, 0.15) is 12.5 Å². The molecule has 106 valence electrons. The zero-order valence-corrected chi connectivity index (χ0v) is 12.2. The molecule has 5 nitrogen and oxygen atoms in total. The first kappa shape index (κ1) is 15.5. The standard InChI is InChI=1S/C13H19NO4S/c1-10(19(3,16)17)13(15)14-9-8-11-4-6-12(18-2)7-5-11/h4-7,10H,8-9H2,1-3H3,(H,14,15)/t10-/m1/s1. The second-order valence-electron chi connectivity index (χ2n) is 4.36. The third kappa shape index (κ3) is 4.90. The van der Waals surface area contributed by atoms with Crippen molar-refractivity contribution in [2.45, 2.75) is 18.6 Å². The Bertz CT molecular complexity index is 522. The summed E-state index contributed by atoms with van der Waals surface area (Å²) < 4.78 is 27.4. The Morgan fingerprint density at radius 1 is 1.32 bits per heavy atom. The highest BCUT2D eigenvalue weighted by Gasteiger charge is 2.22. The highest BCUT2D eigenvalue weighted by molar-refractivity contribution is 7.92. The van der Waals surface area contributed by atoms with E-state index < -0.39 is 21.0 Å². The first-order valence-corrected chi connectivity index (χ1v) is 7.89. The van der Waals surface area contributed by atoms with Gasteiger partial charge in [-0.1, -0.05) is 12.1 Å². The van der Waals surface area contributed by atoms with E-state index in [1.807, 2.05) is 24.3 Å². The number of benzene rings is 1. The van der Waals surface area contributed by atoms with Crippen molar-refractivity contribution < 1.29 is 17.9 Å². The van der Waals surface area contributed by atoms with Crippen LogP contribution in [-0.2, 0) is 21.1 Å². The van der Waals surface area contributed by atoms with Gasteiger partial charge < -0.3 is 10.1 Å². The van der Waals surface area contributed by atoms with Gasteiger partial charge in [0.15, 0.2) is 9.84 Å². The highest BCUT2D eigenvalue weighted by Crippen LogP contribution is 2.11. The number of ether oxygens (including phenoxy) is 1. The maximum absolute atomic E-state index is 11.6. The molecule has 0 bridgehead atoms. The summed E-state index contributed by atoms with van der Waals surface area (Å²) in [6, 6.07) is 7.50. The highest BCUT2D eigenvalue weighted by atomic mass is 32.2. The lowest BCUT2D eigenvalue weighted by Crippen LogP contribution is -2.38. The number of amides is 1. The van der Waals surface area contributed by atoms with Gasteiger partial charge in [-0.05, 0) is 31.0 Å². The smallest absolute Gasteiger partial charge is 0.238 e. The molecule has 1 aromatic carbocycles. The molecule has 0 unspecified atom stereocenters. The molecule has 0 spiro atoms. The minimum absolute atomic E-state index is 0.408. The minimum Gasteiger partial charge on any atom is -0.497 e. The summed E-state index contributed by atoms with van der Waals surface area (Å²) in [5.41, 5.74) is 1.05. The Labute approximate surface area is 113 Å². The number of carbonyl (C=O) groups excluding carboxylic acids is 1. The van der Waals surface area contributed by atoms with Crippen molar-refractivity contribution in [3.05, 3.63) is 29.8 Å². The average Bonchev–Trinajstić information content (AvgIpc) is 2.37. The lowest BCUT2D eigenvalue weighted by Gasteiger charge is -2.10. The van der Waals surface area contributed by atoms with Crippen LogP contribution in [0.3, 0.4) is 0 Å². The molecule has 0 saturated heterocycles. The molecular weight excluding hydrogens is 266 g/mol. The Morgan fingerprint density at radius 3 is 2.37 bits per heavy atom. The van der Waals surface area contributed by atoms with Gasteiger partial charge in [0.2, 0.25) is 5.91 Å². The van der Waals surface area contributed by atoms with Gasteiger partial charge in [-0.25, -0.2) is 8.42 Å². The van der Waals surface area contributed by atoms with Gasteiger partial charge >= 0.3 is 0 Å². The fourth-order valence-corrected chi connectivity index (χ4v) is 1.93. The van der Waals surface area contributed by atoms with Gasteiger partial charge in [0.05, 0.1) is 7.11 Å². The van der Waals surface area contributed by atoms with Crippen LogP contribution < -0.4 is 10.1 Å². The molecule has 6 heteroatoms. The SMILES string of the molecule is COc1ccc(CCNC(=O)[C@@H](C)S(C)(=O)=O)cc1. The van der Waals surface area contributed by atoms with Gasteiger partial charge in [0.1, 0.15) is 11.0 Å². The predicted octanol–water partition coefficient (Wildman–Crippen LogP) is 0.787. The Balaban J connectivity index is 2.43. The van der Waals surface area contributed by atoms with Crippen LogP contribution in [0.25, 0.3) is 0 Å². The molecule has 0 aliphatic carbocycles. The summed E-state index contributed by atoms with van der Waals surface area (Å²) >= 11 is 0. The summed E-state index contributed by atoms with van der Waals surface area (Å²) in [7, 11) is -1.74. The van der Waals surface area contributed by atoms with E-state index in [-0.39, 0.29) is 0 Å². The fraction of sp³-hybridized carbons (Fsp3) is 0.462. The van der Waals surface area contributed by atoms with Crippen molar-refractivity contribution in [3.8, 4) is 5.75 Å². The van der Waals surface area contributed by atoms with Gasteiger partial charge in [-0.3, -0.25) is 4.79 Å². The van der Waals surface area contributed by atoms with E-state index in [1.54, 1.807) is 7.11 Å². The lowest BCUT2D eigenvalue weighted by atomic mass is 10.1. The van der Waals surface area contributed by atoms with Gasteiger partial charge in [0.25, 0.3) is 0 Å². The average molecular weight is 285 g/mol. The number of hydrogen-bond acceptors (Lipinski definition) is 4. The molecule has 19 heavy (non-hydrogen) atoms. The summed E-state index contributed by atoms with van der Waals surface area (Å²) in [6.07, 6.45) is 1.70. The second-order valence-corrected chi connectivity index (χ2v) is 6.73.